The Morgan fingerprint density at radius 2 is 2.00 bits per heavy atom. The predicted molar refractivity (Wildman–Crippen MR) is 125 cm³/mol. The van der Waals surface area contributed by atoms with Crippen LogP contribution in [0.25, 0.3) is 10.9 Å². The van der Waals surface area contributed by atoms with E-state index in [9.17, 15) is 5.11 Å². The molecule has 0 fully saturated rings. The Kier molecular flexibility index (Phi) is 7.98. The van der Waals surface area contributed by atoms with Gasteiger partial charge in [0, 0.05) is 42.8 Å². The predicted octanol–water partition coefficient (Wildman–Crippen LogP) is 3.72. The van der Waals surface area contributed by atoms with Gasteiger partial charge in [0.05, 0.1) is 7.11 Å². The third-order valence-corrected chi connectivity index (χ3v) is 4.65. The average Bonchev–Trinajstić information content (AvgIpc) is 3.10. The van der Waals surface area contributed by atoms with Crippen LogP contribution in [0.15, 0.2) is 47.6 Å². The molecule has 0 amide bonds. The zero-order chi connectivity index (χ0) is 19.2. The summed E-state index contributed by atoms with van der Waals surface area (Å²) >= 11 is 0. The molecule has 1 aromatic heterocycles. The van der Waals surface area contributed by atoms with Crippen LogP contribution < -0.4 is 15.4 Å². The minimum Gasteiger partial charge on any atom is -0.508 e. The Balaban J connectivity index is 0.00000280. The van der Waals surface area contributed by atoms with Crippen molar-refractivity contribution < 1.29 is 9.84 Å². The van der Waals surface area contributed by atoms with Crippen LogP contribution in [-0.2, 0) is 13.0 Å². The number of H-pyrrole nitrogens is 1. The maximum atomic E-state index is 9.98. The van der Waals surface area contributed by atoms with Crippen LogP contribution in [0.4, 0.5) is 0 Å². The number of fused-ring (bicyclic) bond motifs is 1. The minimum absolute atomic E-state index is 0. The molecule has 0 atom stereocenters. The van der Waals surface area contributed by atoms with E-state index in [1.54, 1.807) is 26.3 Å². The van der Waals surface area contributed by atoms with Crippen molar-refractivity contribution in [2.75, 3.05) is 20.7 Å². The number of phenols is 1. The Labute approximate surface area is 182 Å². The van der Waals surface area contributed by atoms with Crippen molar-refractivity contribution in [2.24, 2.45) is 4.99 Å². The van der Waals surface area contributed by atoms with Crippen LogP contribution in [0.5, 0.6) is 11.5 Å². The van der Waals surface area contributed by atoms with Gasteiger partial charge < -0.3 is 25.5 Å². The number of aromatic hydroxyl groups is 1. The van der Waals surface area contributed by atoms with E-state index >= 15 is 0 Å². The van der Waals surface area contributed by atoms with Crippen LogP contribution in [0.1, 0.15) is 16.7 Å². The van der Waals surface area contributed by atoms with Gasteiger partial charge in [-0.25, -0.2) is 0 Å². The van der Waals surface area contributed by atoms with Crippen molar-refractivity contribution >= 4 is 40.8 Å². The Hall–Kier alpha value is -2.42. The highest BCUT2D eigenvalue weighted by molar-refractivity contribution is 14.0. The highest BCUT2D eigenvalue weighted by Gasteiger charge is 2.07. The number of aromatic amines is 1. The van der Waals surface area contributed by atoms with Gasteiger partial charge in [0.1, 0.15) is 11.5 Å². The van der Waals surface area contributed by atoms with Gasteiger partial charge in [-0.15, -0.1) is 24.0 Å². The first kappa shape index (κ1) is 21.9. The number of hydrogen-bond acceptors (Lipinski definition) is 3. The highest BCUT2D eigenvalue weighted by atomic mass is 127. The lowest BCUT2D eigenvalue weighted by atomic mass is 10.1. The minimum atomic E-state index is 0. The second-order valence-electron chi connectivity index (χ2n) is 6.41. The van der Waals surface area contributed by atoms with E-state index in [0.29, 0.717) is 18.3 Å². The number of aliphatic imine (C=N–C) groups is 1. The summed E-state index contributed by atoms with van der Waals surface area (Å²) in [6.07, 6.45) is 2.96. The van der Waals surface area contributed by atoms with Crippen molar-refractivity contribution in [3.8, 4) is 11.5 Å². The molecule has 0 radical (unpaired) electrons. The maximum absolute atomic E-state index is 9.98. The van der Waals surface area contributed by atoms with Crippen molar-refractivity contribution in [1.82, 2.24) is 15.6 Å². The van der Waals surface area contributed by atoms with Crippen molar-refractivity contribution in [1.29, 1.82) is 0 Å². The largest absolute Gasteiger partial charge is 0.508 e. The van der Waals surface area contributed by atoms with Gasteiger partial charge in [-0.2, -0.15) is 0 Å². The zero-order valence-corrected chi connectivity index (χ0v) is 18.7. The first-order valence-electron chi connectivity index (χ1n) is 8.98. The molecule has 0 spiro atoms. The maximum Gasteiger partial charge on any atom is 0.191 e. The van der Waals surface area contributed by atoms with Crippen LogP contribution in [0.2, 0.25) is 0 Å². The molecule has 3 rings (SSSR count). The molecule has 6 nitrogen and oxygen atoms in total. The summed E-state index contributed by atoms with van der Waals surface area (Å²) in [5.41, 5.74) is 4.48. The highest BCUT2D eigenvalue weighted by Crippen LogP contribution is 2.23. The fourth-order valence-electron chi connectivity index (χ4n) is 3.12. The monoisotopic (exact) mass is 494 g/mol. The van der Waals surface area contributed by atoms with Gasteiger partial charge in [0.25, 0.3) is 0 Å². The molecule has 28 heavy (non-hydrogen) atoms. The number of guanidine groups is 1. The molecular formula is C21H27IN4O2. The van der Waals surface area contributed by atoms with Gasteiger partial charge in [-0.1, -0.05) is 18.2 Å². The molecule has 4 N–H and O–H groups in total. The first-order valence-corrected chi connectivity index (χ1v) is 8.98. The number of para-hydroxylation sites is 1. The summed E-state index contributed by atoms with van der Waals surface area (Å²) in [5.74, 6) is 1.63. The van der Waals surface area contributed by atoms with Gasteiger partial charge in [-0.05, 0) is 42.7 Å². The topological polar surface area (TPSA) is 81.7 Å². The number of halogens is 1. The molecule has 2 aromatic carbocycles. The van der Waals surface area contributed by atoms with E-state index in [2.05, 4.69) is 51.9 Å². The summed E-state index contributed by atoms with van der Waals surface area (Å²) in [6, 6.07) is 11.5. The fraction of sp³-hybridized carbons (Fsp3) is 0.286. The van der Waals surface area contributed by atoms with Crippen LogP contribution in [0, 0.1) is 6.92 Å². The van der Waals surface area contributed by atoms with E-state index in [1.807, 2.05) is 6.07 Å². The van der Waals surface area contributed by atoms with Gasteiger partial charge in [-0.3, -0.25) is 4.99 Å². The van der Waals surface area contributed by atoms with Crippen LogP contribution in [-0.4, -0.2) is 36.8 Å². The normalized spacial score (nSPS) is 11.2. The lowest BCUT2D eigenvalue weighted by molar-refractivity contribution is 0.410. The van der Waals surface area contributed by atoms with Crippen LogP contribution >= 0.6 is 24.0 Å². The average molecular weight is 494 g/mol. The lowest BCUT2D eigenvalue weighted by Crippen LogP contribution is -2.37. The summed E-state index contributed by atoms with van der Waals surface area (Å²) in [5, 5.41) is 17.8. The van der Waals surface area contributed by atoms with Gasteiger partial charge >= 0.3 is 0 Å². The Bertz CT molecular complexity index is 953. The molecule has 0 unspecified atom stereocenters. The smallest absolute Gasteiger partial charge is 0.191 e. The first-order chi connectivity index (χ1) is 13.1. The second kappa shape index (κ2) is 10.2. The number of ether oxygens (including phenoxy) is 1. The van der Waals surface area contributed by atoms with Gasteiger partial charge in [0.2, 0.25) is 0 Å². The van der Waals surface area contributed by atoms with Crippen LogP contribution in [0.3, 0.4) is 0 Å². The van der Waals surface area contributed by atoms with Crippen molar-refractivity contribution in [2.45, 2.75) is 19.9 Å². The molecule has 0 aliphatic carbocycles. The summed E-state index contributed by atoms with van der Waals surface area (Å²) in [6.45, 7) is 3.32. The molecule has 0 aliphatic heterocycles. The van der Waals surface area contributed by atoms with Gasteiger partial charge in [0.15, 0.2) is 5.96 Å². The molecule has 0 aliphatic rings. The SMILES string of the molecule is CN=C(NCCc1c[nH]c2c(C)cccc12)NCc1cc(OC)ccc1O.I. The third kappa shape index (κ3) is 5.09. The lowest BCUT2D eigenvalue weighted by Gasteiger charge is -2.13. The number of aromatic nitrogens is 1. The summed E-state index contributed by atoms with van der Waals surface area (Å²) in [4.78, 5) is 7.60. The Morgan fingerprint density at radius 3 is 2.75 bits per heavy atom. The molecule has 0 saturated heterocycles. The standard InChI is InChI=1S/C21H26N4O2.HI/c1-14-5-4-6-18-15(12-24-20(14)18)9-10-23-21(22-2)25-13-16-11-17(27-3)7-8-19(16)26;/h4-8,11-12,24,26H,9-10,13H2,1-3H3,(H2,22,23,25);1H. The Morgan fingerprint density at radius 1 is 1.18 bits per heavy atom. The number of nitrogens with zero attached hydrogens (tertiary/aromatic N) is 1. The van der Waals surface area contributed by atoms with E-state index in [-0.39, 0.29) is 29.7 Å². The number of hydrogen-bond donors (Lipinski definition) is 4. The molecule has 7 heteroatoms. The molecule has 0 saturated carbocycles. The van der Waals surface area contributed by atoms with Crippen molar-refractivity contribution in [3.63, 3.8) is 0 Å². The number of aryl methyl sites for hydroxylation is 1. The molecule has 150 valence electrons. The summed E-state index contributed by atoms with van der Waals surface area (Å²) < 4.78 is 5.21. The number of rotatable bonds is 6. The zero-order valence-electron chi connectivity index (χ0n) is 16.4. The molecule has 0 bridgehead atoms. The molecular weight excluding hydrogens is 467 g/mol. The number of methoxy groups -OCH3 is 1. The van der Waals surface area contributed by atoms with E-state index in [4.69, 9.17) is 4.74 Å². The number of phenolic OH excluding ortho intramolecular Hbond substituents is 1. The quantitative estimate of drug-likeness (QED) is 0.239. The van der Waals surface area contributed by atoms with E-state index in [0.717, 1.165) is 18.5 Å². The second-order valence-corrected chi connectivity index (χ2v) is 6.41. The van der Waals surface area contributed by atoms with Crippen molar-refractivity contribution in [3.05, 3.63) is 59.3 Å². The molecule has 3 aromatic rings. The third-order valence-electron chi connectivity index (χ3n) is 4.65. The fourth-order valence-corrected chi connectivity index (χ4v) is 3.12. The van der Waals surface area contributed by atoms with E-state index in [1.165, 1.54) is 22.0 Å². The number of nitrogens with one attached hydrogen (secondary N) is 3. The number of benzene rings is 2. The molecule has 1 heterocycles. The van der Waals surface area contributed by atoms with E-state index < -0.39 is 0 Å². The summed E-state index contributed by atoms with van der Waals surface area (Å²) in [7, 11) is 3.34.